The van der Waals surface area contributed by atoms with Gasteiger partial charge in [0.15, 0.2) is 5.78 Å². The van der Waals surface area contributed by atoms with Crippen LogP contribution in [-0.4, -0.2) is 35.7 Å². The number of rotatable bonds is 5. The van der Waals surface area contributed by atoms with E-state index in [1.807, 2.05) is 37.3 Å². The molecule has 1 unspecified atom stereocenters. The van der Waals surface area contributed by atoms with Crippen molar-refractivity contribution in [2.24, 2.45) is 5.92 Å². The average molecular weight is 405 g/mol. The molecule has 0 aliphatic carbocycles. The van der Waals surface area contributed by atoms with E-state index >= 15 is 0 Å². The van der Waals surface area contributed by atoms with Crippen molar-refractivity contribution in [1.82, 2.24) is 4.90 Å². The maximum absolute atomic E-state index is 12.6. The number of anilines is 1. The van der Waals surface area contributed by atoms with Gasteiger partial charge in [0.25, 0.3) is 0 Å². The maximum atomic E-state index is 12.6. The number of likely N-dealkylation sites (tertiary alicyclic amines) is 1. The van der Waals surface area contributed by atoms with E-state index in [0.717, 1.165) is 18.4 Å². The lowest BCUT2D eigenvalue weighted by Crippen LogP contribution is -2.47. The Morgan fingerprint density at radius 3 is 2.41 bits per heavy atom. The van der Waals surface area contributed by atoms with Crippen molar-refractivity contribution in [3.8, 4) is 0 Å². The van der Waals surface area contributed by atoms with Crippen LogP contribution >= 0.6 is 23.2 Å². The standard InChI is InChI=1S/C21H22Cl2N2O2/c1-14(21(27)24-19-13-17(22)7-8-18(19)23)25-11-9-16(10-12-25)20(26)15-5-3-2-4-6-15/h2-8,13-14,16H,9-12H2,1H3,(H,24,27). The summed E-state index contributed by atoms with van der Waals surface area (Å²) in [6, 6.07) is 14.1. The second-order valence-electron chi connectivity index (χ2n) is 6.83. The second kappa shape index (κ2) is 8.87. The number of nitrogens with one attached hydrogen (secondary N) is 1. The number of ketones is 1. The lowest BCUT2D eigenvalue weighted by atomic mass is 9.88. The molecule has 2 aromatic carbocycles. The number of carbonyl (C=O) groups is 2. The summed E-state index contributed by atoms with van der Waals surface area (Å²) >= 11 is 12.1. The molecule has 1 saturated heterocycles. The SMILES string of the molecule is CC(C(=O)Nc1cc(Cl)ccc1Cl)N1CCC(C(=O)c2ccccc2)CC1. The predicted molar refractivity (Wildman–Crippen MR) is 110 cm³/mol. The quantitative estimate of drug-likeness (QED) is 0.719. The summed E-state index contributed by atoms with van der Waals surface area (Å²) in [7, 11) is 0. The van der Waals surface area contributed by atoms with Crippen LogP contribution in [0.4, 0.5) is 5.69 Å². The number of Topliss-reactive ketones (excluding diaryl/α,β-unsaturated/α-hetero) is 1. The summed E-state index contributed by atoms with van der Waals surface area (Å²) in [6.45, 7) is 3.29. The Labute approximate surface area is 169 Å². The van der Waals surface area contributed by atoms with Gasteiger partial charge in [-0.2, -0.15) is 0 Å². The lowest BCUT2D eigenvalue weighted by Gasteiger charge is -2.34. The van der Waals surface area contributed by atoms with Crippen LogP contribution in [0.1, 0.15) is 30.1 Å². The fraction of sp³-hybridized carbons (Fsp3) is 0.333. The largest absolute Gasteiger partial charge is 0.323 e. The Morgan fingerprint density at radius 2 is 1.74 bits per heavy atom. The van der Waals surface area contributed by atoms with Crippen LogP contribution in [0.3, 0.4) is 0 Å². The van der Waals surface area contributed by atoms with Gasteiger partial charge in [0, 0.05) is 16.5 Å². The topological polar surface area (TPSA) is 49.4 Å². The van der Waals surface area contributed by atoms with Crippen LogP contribution in [0.2, 0.25) is 10.0 Å². The molecule has 6 heteroatoms. The van der Waals surface area contributed by atoms with Gasteiger partial charge < -0.3 is 5.32 Å². The van der Waals surface area contributed by atoms with Gasteiger partial charge in [-0.15, -0.1) is 0 Å². The van der Waals surface area contributed by atoms with Crippen molar-refractivity contribution >= 4 is 40.6 Å². The molecule has 0 spiro atoms. The average Bonchev–Trinajstić information content (AvgIpc) is 2.70. The van der Waals surface area contributed by atoms with Crippen LogP contribution in [0.25, 0.3) is 0 Å². The fourth-order valence-electron chi connectivity index (χ4n) is 3.38. The van der Waals surface area contributed by atoms with E-state index in [1.54, 1.807) is 18.2 Å². The molecule has 27 heavy (non-hydrogen) atoms. The second-order valence-corrected chi connectivity index (χ2v) is 7.67. The monoisotopic (exact) mass is 404 g/mol. The first-order valence-electron chi connectivity index (χ1n) is 9.05. The van der Waals surface area contributed by atoms with Gasteiger partial charge in [-0.25, -0.2) is 0 Å². The number of amides is 1. The summed E-state index contributed by atoms with van der Waals surface area (Å²) < 4.78 is 0. The maximum Gasteiger partial charge on any atom is 0.241 e. The number of piperidine rings is 1. The van der Waals surface area contributed by atoms with Crippen molar-refractivity contribution in [3.05, 3.63) is 64.1 Å². The Balaban J connectivity index is 1.56. The molecule has 0 aromatic heterocycles. The smallest absolute Gasteiger partial charge is 0.241 e. The molecule has 142 valence electrons. The van der Waals surface area contributed by atoms with Crippen LogP contribution in [0, 0.1) is 5.92 Å². The van der Waals surface area contributed by atoms with E-state index in [0.29, 0.717) is 28.8 Å². The van der Waals surface area contributed by atoms with Crippen LogP contribution in [0.15, 0.2) is 48.5 Å². The molecule has 1 aliphatic heterocycles. The third kappa shape index (κ3) is 4.89. The Hall–Kier alpha value is -1.88. The fourth-order valence-corrected chi connectivity index (χ4v) is 3.72. The zero-order valence-corrected chi connectivity index (χ0v) is 16.6. The zero-order chi connectivity index (χ0) is 19.4. The van der Waals surface area contributed by atoms with Crippen LogP contribution < -0.4 is 5.32 Å². The summed E-state index contributed by atoms with van der Waals surface area (Å²) in [6.07, 6.45) is 1.51. The van der Waals surface area contributed by atoms with Crippen molar-refractivity contribution in [1.29, 1.82) is 0 Å². The summed E-state index contributed by atoms with van der Waals surface area (Å²) in [5.74, 6) is 0.0753. The minimum atomic E-state index is -0.312. The molecule has 0 saturated carbocycles. The van der Waals surface area contributed by atoms with Crippen molar-refractivity contribution in [2.75, 3.05) is 18.4 Å². The zero-order valence-electron chi connectivity index (χ0n) is 15.1. The molecule has 3 rings (SSSR count). The van der Waals surface area contributed by atoms with Gasteiger partial charge in [0.05, 0.1) is 16.8 Å². The molecule has 0 radical (unpaired) electrons. The molecule has 4 nitrogen and oxygen atoms in total. The molecule has 1 atom stereocenters. The number of hydrogen-bond acceptors (Lipinski definition) is 3. The molecular weight excluding hydrogens is 383 g/mol. The molecule has 1 N–H and O–H groups in total. The molecule has 1 fully saturated rings. The molecule has 1 heterocycles. The molecule has 1 aliphatic rings. The summed E-state index contributed by atoms with van der Waals surface area (Å²) in [5, 5.41) is 3.81. The first-order valence-corrected chi connectivity index (χ1v) is 9.80. The minimum absolute atomic E-state index is 0.0151. The number of halogens is 2. The van der Waals surface area contributed by atoms with Crippen LogP contribution in [0.5, 0.6) is 0 Å². The Kier molecular flexibility index (Phi) is 6.53. The van der Waals surface area contributed by atoms with Crippen molar-refractivity contribution in [3.63, 3.8) is 0 Å². The predicted octanol–water partition coefficient (Wildman–Crippen LogP) is 4.92. The number of carbonyl (C=O) groups excluding carboxylic acids is 2. The van der Waals surface area contributed by atoms with Gasteiger partial charge in [0.2, 0.25) is 5.91 Å². The third-order valence-corrected chi connectivity index (χ3v) is 5.64. The van der Waals surface area contributed by atoms with Gasteiger partial charge in [-0.3, -0.25) is 14.5 Å². The van der Waals surface area contributed by atoms with E-state index in [2.05, 4.69) is 10.2 Å². The first-order chi connectivity index (χ1) is 13.0. The van der Waals surface area contributed by atoms with E-state index in [4.69, 9.17) is 23.2 Å². The van der Waals surface area contributed by atoms with E-state index < -0.39 is 0 Å². The van der Waals surface area contributed by atoms with Gasteiger partial charge in [-0.1, -0.05) is 53.5 Å². The Morgan fingerprint density at radius 1 is 1.07 bits per heavy atom. The number of benzene rings is 2. The molecule has 1 amide bonds. The van der Waals surface area contributed by atoms with Crippen molar-refractivity contribution in [2.45, 2.75) is 25.8 Å². The normalized spacial score (nSPS) is 16.7. The van der Waals surface area contributed by atoms with Gasteiger partial charge in [-0.05, 0) is 51.1 Å². The Bertz CT molecular complexity index is 818. The van der Waals surface area contributed by atoms with Gasteiger partial charge >= 0.3 is 0 Å². The first kappa shape index (κ1) is 19.9. The highest BCUT2D eigenvalue weighted by atomic mass is 35.5. The highest BCUT2D eigenvalue weighted by Crippen LogP contribution is 2.27. The van der Waals surface area contributed by atoms with E-state index in [-0.39, 0.29) is 23.7 Å². The minimum Gasteiger partial charge on any atom is -0.323 e. The van der Waals surface area contributed by atoms with E-state index in [1.165, 1.54) is 0 Å². The number of hydrogen-bond donors (Lipinski definition) is 1. The van der Waals surface area contributed by atoms with Gasteiger partial charge in [0.1, 0.15) is 0 Å². The third-order valence-electron chi connectivity index (χ3n) is 5.07. The molecule has 0 bridgehead atoms. The number of nitrogens with zero attached hydrogens (tertiary/aromatic N) is 1. The molecular formula is C21H22Cl2N2O2. The highest BCUT2D eigenvalue weighted by molar-refractivity contribution is 6.35. The van der Waals surface area contributed by atoms with Crippen LogP contribution in [-0.2, 0) is 4.79 Å². The highest BCUT2D eigenvalue weighted by Gasteiger charge is 2.30. The van der Waals surface area contributed by atoms with E-state index in [9.17, 15) is 9.59 Å². The van der Waals surface area contributed by atoms with Crippen molar-refractivity contribution < 1.29 is 9.59 Å². The lowest BCUT2D eigenvalue weighted by molar-refractivity contribution is -0.121. The molecule has 2 aromatic rings. The summed E-state index contributed by atoms with van der Waals surface area (Å²) in [4.78, 5) is 27.3. The summed E-state index contributed by atoms with van der Waals surface area (Å²) in [5.41, 5.74) is 1.27.